The van der Waals surface area contributed by atoms with E-state index in [2.05, 4.69) is 15.2 Å². The van der Waals surface area contributed by atoms with Crippen molar-refractivity contribution in [3.8, 4) is 10.6 Å². The number of hydrogen-bond donors (Lipinski definition) is 1. The zero-order chi connectivity index (χ0) is 20.9. The van der Waals surface area contributed by atoms with Crippen LogP contribution in [0.1, 0.15) is 34.1 Å². The molecule has 2 unspecified atom stereocenters. The molecule has 0 aliphatic carbocycles. The first kappa shape index (κ1) is 20.4. The summed E-state index contributed by atoms with van der Waals surface area (Å²) in [5, 5.41) is 6.91. The van der Waals surface area contributed by atoms with Crippen LogP contribution in [0.3, 0.4) is 0 Å². The third kappa shape index (κ3) is 4.22. The number of thiazole rings is 1. The number of hydrogen-bond acceptors (Lipinski definition) is 7. The number of thiophene rings is 1. The van der Waals surface area contributed by atoms with Gasteiger partial charge in [-0.05, 0) is 33.3 Å². The fourth-order valence-corrected chi connectivity index (χ4v) is 6.00. The van der Waals surface area contributed by atoms with Crippen molar-refractivity contribution in [3.63, 3.8) is 0 Å². The van der Waals surface area contributed by atoms with Crippen molar-refractivity contribution in [3.05, 3.63) is 16.5 Å². The number of carbonyl (C=O) groups is 2. The monoisotopic (exact) mass is 454 g/mol. The van der Waals surface area contributed by atoms with E-state index in [9.17, 15) is 9.59 Å². The molecule has 0 saturated carbocycles. The molecule has 2 aliphatic rings. The largest absolute Gasteiger partial charge is 0.444 e. The molecule has 0 spiro atoms. The van der Waals surface area contributed by atoms with Crippen LogP contribution in [0.5, 0.6) is 0 Å². The van der Waals surface area contributed by atoms with Crippen LogP contribution in [0, 0.1) is 0 Å². The van der Waals surface area contributed by atoms with Crippen LogP contribution in [0.2, 0.25) is 5.02 Å². The van der Waals surface area contributed by atoms with Gasteiger partial charge in [-0.15, -0.1) is 11.3 Å². The van der Waals surface area contributed by atoms with Crippen LogP contribution in [0.25, 0.3) is 10.6 Å². The van der Waals surface area contributed by atoms with Crippen LogP contribution < -0.4 is 10.2 Å². The minimum absolute atomic E-state index is 0.112. The number of halogens is 1. The average Bonchev–Trinajstić information content (AvgIpc) is 3.34. The molecule has 2 bridgehead atoms. The van der Waals surface area contributed by atoms with Gasteiger partial charge in [-0.25, -0.2) is 9.78 Å². The number of likely N-dealkylation sites (tertiary alicyclic amines) is 1. The maximum Gasteiger partial charge on any atom is 0.410 e. The van der Waals surface area contributed by atoms with Crippen molar-refractivity contribution in [2.45, 2.75) is 51.8 Å². The van der Waals surface area contributed by atoms with E-state index in [1.807, 2.05) is 37.1 Å². The summed E-state index contributed by atoms with van der Waals surface area (Å²) in [5.41, 5.74) is 0.321. The van der Waals surface area contributed by atoms with Gasteiger partial charge >= 0.3 is 6.09 Å². The third-order valence-electron chi connectivity index (χ3n) is 4.82. The molecule has 0 aromatic carbocycles. The molecule has 10 heteroatoms. The second kappa shape index (κ2) is 7.45. The highest BCUT2D eigenvalue weighted by molar-refractivity contribution is 7.21. The van der Waals surface area contributed by atoms with Crippen molar-refractivity contribution < 1.29 is 14.3 Å². The quantitative estimate of drug-likeness (QED) is 0.728. The van der Waals surface area contributed by atoms with Crippen molar-refractivity contribution in [1.29, 1.82) is 0 Å². The number of anilines is 2. The van der Waals surface area contributed by atoms with Gasteiger partial charge in [0.1, 0.15) is 16.3 Å². The highest BCUT2D eigenvalue weighted by Crippen LogP contribution is 2.46. The molecule has 2 amide bonds. The minimum atomic E-state index is -0.505. The summed E-state index contributed by atoms with van der Waals surface area (Å²) in [6.45, 7) is 8.45. The molecule has 2 aliphatic heterocycles. The molecule has 2 aromatic heterocycles. The maximum atomic E-state index is 12.5. The lowest BCUT2D eigenvalue weighted by Crippen LogP contribution is -2.50. The van der Waals surface area contributed by atoms with Gasteiger partial charge in [0.05, 0.1) is 15.9 Å². The lowest BCUT2D eigenvalue weighted by atomic mass is 10.2. The Balaban J connectivity index is 1.58. The van der Waals surface area contributed by atoms with Crippen LogP contribution >= 0.6 is 34.3 Å². The number of fused-ring (bicyclic) bond motifs is 2. The van der Waals surface area contributed by atoms with Gasteiger partial charge in [-0.2, -0.15) is 0 Å². The number of aromatic nitrogens is 1. The second-order valence-electron chi connectivity index (χ2n) is 8.31. The third-order valence-corrected chi connectivity index (χ3v) is 7.11. The number of nitrogens with zero attached hydrogens (tertiary/aromatic N) is 3. The summed E-state index contributed by atoms with van der Waals surface area (Å²) in [4.78, 5) is 33.8. The Bertz CT molecular complexity index is 952. The number of piperazine rings is 1. The Hall–Kier alpha value is -1.84. The van der Waals surface area contributed by atoms with Crippen LogP contribution in [0.4, 0.5) is 14.9 Å². The predicted molar refractivity (Wildman–Crippen MR) is 117 cm³/mol. The molecular formula is C19H23ClN4O3S2. The van der Waals surface area contributed by atoms with E-state index in [0.29, 0.717) is 16.7 Å². The summed E-state index contributed by atoms with van der Waals surface area (Å²) >= 11 is 9.12. The number of amides is 2. The Morgan fingerprint density at radius 1 is 1.31 bits per heavy atom. The Morgan fingerprint density at radius 3 is 2.62 bits per heavy atom. The van der Waals surface area contributed by atoms with Crippen molar-refractivity contribution in [2.75, 3.05) is 23.3 Å². The smallest absolute Gasteiger partial charge is 0.410 e. The van der Waals surface area contributed by atoms with Gasteiger partial charge in [-0.1, -0.05) is 22.9 Å². The van der Waals surface area contributed by atoms with E-state index < -0.39 is 5.60 Å². The second-order valence-corrected chi connectivity index (χ2v) is 10.6. The highest BCUT2D eigenvalue weighted by Gasteiger charge is 2.47. The molecule has 29 heavy (non-hydrogen) atoms. The number of carbonyl (C=O) groups excluding carboxylic acids is 2. The van der Waals surface area contributed by atoms with E-state index in [4.69, 9.17) is 16.3 Å². The first-order valence-corrected chi connectivity index (χ1v) is 11.5. The van der Waals surface area contributed by atoms with Crippen molar-refractivity contribution in [2.24, 2.45) is 0 Å². The van der Waals surface area contributed by atoms with Crippen molar-refractivity contribution >= 4 is 56.4 Å². The zero-order valence-electron chi connectivity index (χ0n) is 16.7. The van der Waals surface area contributed by atoms with Gasteiger partial charge in [0.15, 0.2) is 5.13 Å². The fourth-order valence-electron chi connectivity index (χ4n) is 3.77. The Labute approximate surface area is 182 Å². The van der Waals surface area contributed by atoms with E-state index in [1.165, 1.54) is 29.6 Å². The van der Waals surface area contributed by atoms with Gasteiger partial charge in [0.25, 0.3) is 0 Å². The fraction of sp³-hybridized carbons (Fsp3) is 0.526. The summed E-state index contributed by atoms with van der Waals surface area (Å²) in [6, 6.07) is 2.21. The maximum absolute atomic E-state index is 12.5. The molecule has 2 saturated heterocycles. The summed E-state index contributed by atoms with van der Waals surface area (Å²) in [6.07, 6.45) is 0.648. The Morgan fingerprint density at radius 2 is 2.07 bits per heavy atom. The van der Waals surface area contributed by atoms with Crippen LogP contribution in [0.15, 0.2) is 11.4 Å². The molecule has 4 rings (SSSR count). The molecule has 4 heterocycles. The normalized spacial score (nSPS) is 21.0. The van der Waals surface area contributed by atoms with Gasteiger partial charge < -0.3 is 19.9 Å². The summed E-state index contributed by atoms with van der Waals surface area (Å²) in [7, 11) is 0. The molecule has 1 N–H and O–H groups in total. The summed E-state index contributed by atoms with van der Waals surface area (Å²) in [5.74, 6) is -0.153. The number of ether oxygens (including phenoxy) is 1. The molecule has 156 valence electrons. The van der Waals surface area contributed by atoms with Crippen molar-refractivity contribution in [1.82, 2.24) is 9.88 Å². The molecule has 2 atom stereocenters. The first-order chi connectivity index (χ1) is 13.6. The predicted octanol–water partition coefficient (Wildman–Crippen LogP) is 4.68. The molecule has 0 radical (unpaired) electrons. The Kier molecular flexibility index (Phi) is 5.25. The minimum Gasteiger partial charge on any atom is -0.444 e. The molecule has 2 fully saturated rings. The van der Waals surface area contributed by atoms with Gasteiger partial charge in [-0.3, -0.25) is 4.79 Å². The standard InChI is InChI=1S/C19H23ClN4O3S2/c1-10(25)21-17-22-15(14-5-11(20)9-28-14)16(29-17)23-7-13-6-12(23)8-24(13)18(26)27-19(2,3)4/h5,9,12-13H,6-8H2,1-4H3,(H,21,22,25). The van der Waals surface area contributed by atoms with Gasteiger partial charge in [0, 0.05) is 31.4 Å². The topological polar surface area (TPSA) is 74.8 Å². The van der Waals surface area contributed by atoms with E-state index in [-0.39, 0.29) is 24.1 Å². The van der Waals surface area contributed by atoms with E-state index in [0.717, 1.165) is 28.5 Å². The zero-order valence-corrected chi connectivity index (χ0v) is 19.1. The van der Waals surface area contributed by atoms with Crippen LogP contribution in [-0.2, 0) is 9.53 Å². The number of rotatable bonds is 3. The molecule has 2 aromatic rings. The lowest BCUT2D eigenvalue weighted by molar-refractivity contribution is -0.114. The number of nitrogens with one attached hydrogen (secondary N) is 1. The highest BCUT2D eigenvalue weighted by atomic mass is 35.5. The van der Waals surface area contributed by atoms with E-state index >= 15 is 0 Å². The van der Waals surface area contributed by atoms with Crippen LogP contribution in [-0.4, -0.2) is 52.7 Å². The lowest BCUT2D eigenvalue weighted by Gasteiger charge is -2.35. The van der Waals surface area contributed by atoms with Gasteiger partial charge in [0.2, 0.25) is 5.91 Å². The van der Waals surface area contributed by atoms with E-state index in [1.54, 1.807) is 0 Å². The molecular weight excluding hydrogens is 432 g/mol. The molecule has 7 nitrogen and oxygen atoms in total. The average molecular weight is 455 g/mol. The SMILES string of the molecule is CC(=O)Nc1nc(-c2cc(Cl)cs2)c(N2CC3CC2CN3C(=O)OC(C)(C)C)s1. The summed E-state index contributed by atoms with van der Waals surface area (Å²) < 4.78 is 5.56. The first-order valence-electron chi connectivity index (χ1n) is 9.40.